The number of carboxylic acid groups (broad SMARTS) is 1. The van der Waals surface area contributed by atoms with Crippen LogP contribution in [0.2, 0.25) is 0 Å². The number of amides is 4. The number of rotatable bonds is 18. The van der Waals surface area contributed by atoms with Crippen molar-refractivity contribution in [2.45, 2.75) is 95.1 Å². The first-order chi connectivity index (χ1) is 19.8. The van der Waals surface area contributed by atoms with Crippen molar-refractivity contribution in [3.05, 3.63) is 30.3 Å². The van der Waals surface area contributed by atoms with Gasteiger partial charge in [0.25, 0.3) is 0 Å². The summed E-state index contributed by atoms with van der Waals surface area (Å²) in [4.78, 5) is 61.7. The first-order valence-electron chi connectivity index (χ1n) is 15.1. The van der Waals surface area contributed by atoms with Gasteiger partial charge in [0.2, 0.25) is 23.6 Å². The summed E-state index contributed by atoms with van der Waals surface area (Å²) in [5.74, 6) is 0.0516. The van der Waals surface area contributed by atoms with E-state index in [1.165, 1.54) is 4.90 Å². The zero-order valence-electron chi connectivity index (χ0n) is 24.0. The molecule has 41 heavy (non-hydrogen) atoms. The summed E-state index contributed by atoms with van der Waals surface area (Å²) in [6, 6.07) is 9.43. The highest BCUT2D eigenvalue weighted by Crippen LogP contribution is 2.29. The number of hydrogen-bond donors (Lipinski definition) is 3. The van der Waals surface area contributed by atoms with Crippen molar-refractivity contribution in [3.63, 3.8) is 0 Å². The summed E-state index contributed by atoms with van der Waals surface area (Å²) in [5, 5.41) is 14.7. The van der Waals surface area contributed by atoms with Crippen LogP contribution >= 0.6 is 11.8 Å². The van der Waals surface area contributed by atoms with Crippen LogP contribution in [0.25, 0.3) is 0 Å². The molecule has 1 aliphatic carbocycles. The molecule has 0 aromatic heterocycles. The van der Waals surface area contributed by atoms with Crippen LogP contribution in [0.1, 0.15) is 89.9 Å². The fraction of sp³-hybridized carbons (Fsp3) is 0.645. The number of benzene rings is 1. The number of unbranched alkanes of at least 4 members (excludes halogenated alkanes) is 5. The number of para-hydroxylation sites is 1. The van der Waals surface area contributed by atoms with Gasteiger partial charge in [0.05, 0.1) is 11.2 Å². The number of aliphatic carboxylic acids is 1. The van der Waals surface area contributed by atoms with Crippen LogP contribution in [0, 0.1) is 11.8 Å². The van der Waals surface area contributed by atoms with Crippen LogP contribution in [0.5, 0.6) is 0 Å². The largest absolute Gasteiger partial charge is 0.481 e. The van der Waals surface area contributed by atoms with Crippen LogP contribution in [-0.4, -0.2) is 63.7 Å². The normalized spacial score (nSPS) is 20.7. The maximum Gasteiger partial charge on any atom is 0.306 e. The van der Waals surface area contributed by atoms with Gasteiger partial charge in [-0.1, -0.05) is 37.5 Å². The van der Waals surface area contributed by atoms with E-state index in [0.29, 0.717) is 57.5 Å². The Morgan fingerprint density at radius 1 is 0.854 bits per heavy atom. The highest BCUT2D eigenvalue weighted by Gasteiger charge is 2.38. The van der Waals surface area contributed by atoms with E-state index in [1.807, 2.05) is 30.3 Å². The summed E-state index contributed by atoms with van der Waals surface area (Å²) in [6.45, 7) is 1.02. The van der Waals surface area contributed by atoms with Gasteiger partial charge in [-0.15, -0.1) is 11.8 Å². The second kappa shape index (κ2) is 17.8. The zero-order valence-corrected chi connectivity index (χ0v) is 24.8. The van der Waals surface area contributed by atoms with Gasteiger partial charge in [-0.2, -0.15) is 0 Å². The van der Waals surface area contributed by atoms with Gasteiger partial charge in [-0.05, 0) is 75.2 Å². The minimum Gasteiger partial charge on any atom is -0.481 e. The average Bonchev–Trinajstić information content (AvgIpc) is 3.23. The monoisotopic (exact) mass is 587 g/mol. The minimum atomic E-state index is -0.718. The molecule has 0 bridgehead atoms. The maximum absolute atomic E-state index is 12.7. The number of nitrogens with one attached hydrogen (secondary N) is 2. The van der Waals surface area contributed by atoms with Gasteiger partial charge in [-0.25, -0.2) is 0 Å². The molecule has 1 saturated carbocycles. The fourth-order valence-corrected chi connectivity index (χ4v) is 6.61. The van der Waals surface area contributed by atoms with E-state index < -0.39 is 5.97 Å². The highest BCUT2D eigenvalue weighted by molar-refractivity contribution is 8.00. The van der Waals surface area contributed by atoms with Gasteiger partial charge in [0, 0.05) is 38.0 Å². The third kappa shape index (κ3) is 11.9. The summed E-state index contributed by atoms with van der Waals surface area (Å²) in [7, 11) is 0. The van der Waals surface area contributed by atoms with Crippen LogP contribution in [0.3, 0.4) is 0 Å². The van der Waals surface area contributed by atoms with Crippen LogP contribution in [-0.2, 0) is 24.0 Å². The van der Waals surface area contributed by atoms with Gasteiger partial charge in [0.1, 0.15) is 0 Å². The number of carboxylic acids is 1. The predicted octanol–water partition coefficient (Wildman–Crippen LogP) is 5.00. The topological polar surface area (TPSA) is 133 Å². The number of thioether (sulfide) groups is 1. The van der Waals surface area contributed by atoms with Crippen LogP contribution in [0.4, 0.5) is 5.69 Å². The van der Waals surface area contributed by atoms with E-state index >= 15 is 0 Å². The lowest BCUT2D eigenvalue weighted by atomic mass is 9.82. The molecule has 226 valence electrons. The van der Waals surface area contributed by atoms with Crippen molar-refractivity contribution < 1.29 is 29.1 Å². The molecular weight excluding hydrogens is 542 g/mol. The molecule has 0 spiro atoms. The smallest absolute Gasteiger partial charge is 0.306 e. The molecule has 2 fully saturated rings. The first kappa shape index (κ1) is 32.6. The lowest BCUT2D eigenvalue weighted by Gasteiger charge is -2.26. The highest BCUT2D eigenvalue weighted by atomic mass is 32.2. The summed E-state index contributed by atoms with van der Waals surface area (Å²) in [6.07, 6.45) is 10.1. The van der Waals surface area contributed by atoms with Gasteiger partial charge in [0.15, 0.2) is 0 Å². The lowest BCUT2D eigenvalue weighted by Crippen LogP contribution is -2.33. The van der Waals surface area contributed by atoms with E-state index in [1.54, 1.807) is 11.8 Å². The SMILES string of the molecule is O=C(CCCCCN1C(=O)CC(SCCCCCCC(=O)Nc2ccccc2)C1=O)NC[C@H]1CC[C@H](C(=O)O)CC1. The molecule has 0 radical (unpaired) electrons. The van der Waals surface area contributed by atoms with E-state index in [-0.39, 0.29) is 41.2 Å². The number of likely N-dealkylation sites (tertiary alicyclic amines) is 1. The molecule has 1 aliphatic heterocycles. The number of carbonyl (C=O) groups excluding carboxylic acids is 4. The molecule has 1 unspecified atom stereocenters. The predicted molar refractivity (Wildman–Crippen MR) is 160 cm³/mol. The Kier molecular flexibility index (Phi) is 14.2. The molecule has 1 atom stereocenters. The average molecular weight is 588 g/mol. The lowest BCUT2D eigenvalue weighted by molar-refractivity contribution is -0.143. The van der Waals surface area contributed by atoms with Crippen molar-refractivity contribution in [2.75, 3.05) is 24.2 Å². The second-order valence-electron chi connectivity index (χ2n) is 11.2. The van der Waals surface area contributed by atoms with Crippen molar-refractivity contribution >= 4 is 47.0 Å². The van der Waals surface area contributed by atoms with Crippen molar-refractivity contribution in [1.29, 1.82) is 0 Å². The summed E-state index contributed by atoms with van der Waals surface area (Å²) < 4.78 is 0. The molecule has 4 amide bonds. The minimum absolute atomic E-state index is 0.00518. The first-order valence-corrected chi connectivity index (χ1v) is 16.2. The molecule has 3 rings (SSSR count). The van der Waals surface area contributed by atoms with Crippen LogP contribution < -0.4 is 10.6 Å². The quantitative estimate of drug-likeness (QED) is 0.163. The molecular formula is C31H45N3O6S. The van der Waals surface area contributed by atoms with Crippen LogP contribution in [0.15, 0.2) is 30.3 Å². The molecule has 2 aliphatic rings. The summed E-state index contributed by atoms with van der Waals surface area (Å²) in [5.41, 5.74) is 0.812. The van der Waals surface area contributed by atoms with E-state index in [9.17, 15) is 24.0 Å². The Bertz CT molecular complexity index is 1010. The molecule has 1 aromatic carbocycles. The third-order valence-corrected chi connectivity index (χ3v) is 9.24. The molecule has 1 heterocycles. The number of anilines is 1. The number of imide groups is 1. The second-order valence-corrected chi connectivity index (χ2v) is 12.5. The fourth-order valence-electron chi connectivity index (χ4n) is 5.42. The van der Waals surface area contributed by atoms with E-state index in [4.69, 9.17) is 5.11 Å². The van der Waals surface area contributed by atoms with E-state index in [0.717, 1.165) is 56.4 Å². The number of nitrogens with zero attached hydrogens (tertiary/aromatic N) is 1. The van der Waals surface area contributed by atoms with Crippen molar-refractivity contribution in [3.8, 4) is 0 Å². The molecule has 1 aromatic rings. The molecule has 10 heteroatoms. The molecule has 1 saturated heterocycles. The third-order valence-electron chi connectivity index (χ3n) is 7.95. The van der Waals surface area contributed by atoms with Gasteiger partial charge >= 0.3 is 5.97 Å². The Labute approximate surface area is 247 Å². The van der Waals surface area contributed by atoms with Crippen molar-refractivity contribution in [2.24, 2.45) is 11.8 Å². The Hall–Kier alpha value is -2.88. The van der Waals surface area contributed by atoms with E-state index in [2.05, 4.69) is 10.6 Å². The standard InChI is InChI=1S/C31H45N3O6S/c35-27(32-22-23-15-17-24(18-16-23)31(39)40)13-8-4-9-19-34-29(37)21-26(30(34)38)41-20-10-2-1-7-14-28(36)33-25-11-5-3-6-12-25/h3,5-6,11-12,23-24,26H,1-2,4,7-10,13-22H2,(H,32,35)(H,33,36)(H,39,40)/t23-,24-,26?. The number of hydrogen-bond acceptors (Lipinski definition) is 6. The Balaban J connectivity index is 1.17. The van der Waals surface area contributed by atoms with Gasteiger partial charge in [-0.3, -0.25) is 28.9 Å². The molecule has 3 N–H and O–H groups in total. The Morgan fingerprint density at radius 3 is 2.22 bits per heavy atom. The van der Waals surface area contributed by atoms with Crippen molar-refractivity contribution in [1.82, 2.24) is 10.2 Å². The number of carbonyl (C=O) groups is 5. The Morgan fingerprint density at radius 2 is 1.51 bits per heavy atom. The zero-order chi connectivity index (χ0) is 29.5. The summed E-state index contributed by atoms with van der Waals surface area (Å²) >= 11 is 1.56. The maximum atomic E-state index is 12.7. The van der Waals surface area contributed by atoms with Gasteiger partial charge < -0.3 is 15.7 Å². The molecule has 9 nitrogen and oxygen atoms in total.